The number of hydrogen-bond donors (Lipinski definition) is 2. The van der Waals surface area contributed by atoms with E-state index >= 15 is 0 Å². The van der Waals surface area contributed by atoms with Crippen molar-refractivity contribution >= 4 is 52.3 Å². The first-order chi connectivity index (χ1) is 28.2. The van der Waals surface area contributed by atoms with Gasteiger partial charge in [0.05, 0.1) is 48.0 Å². The maximum absolute atomic E-state index is 14.2. The predicted molar refractivity (Wildman–Crippen MR) is 211 cm³/mol. The lowest BCUT2D eigenvalue weighted by Gasteiger charge is -2.36. The number of nitrogens with one attached hydrogen (secondary N) is 2. The summed E-state index contributed by atoms with van der Waals surface area (Å²) >= 11 is 6.35. The van der Waals surface area contributed by atoms with Crippen molar-refractivity contribution in [2.24, 2.45) is 5.92 Å². The smallest absolute Gasteiger partial charge is 0.328 e. The van der Waals surface area contributed by atoms with Crippen molar-refractivity contribution in [3.05, 3.63) is 64.7 Å². The van der Waals surface area contributed by atoms with Crippen LogP contribution in [-0.4, -0.2) is 112 Å². The maximum Gasteiger partial charge on any atom is 0.328 e. The third-order valence-corrected chi connectivity index (χ3v) is 11.6. The van der Waals surface area contributed by atoms with Gasteiger partial charge in [-0.05, 0) is 68.7 Å². The van der Waals surface area contributed by atoms with Crippen molar-refractivity contribution in [2.45, 2.75) is 63.5 Å². The van der Waals surface area contributed by atoms with Gasteiger partial charge in [0, 0.05) is 63.6 Å². The minimum Gasteiger partial charge on any atom is -0.378 e. The molecule has 3 aromatic heterocycles. The first-order valence-electron chi connectivity index (χ1n) is 19.8. The largest absolute Gasteiger partial charge is 0.378 e. The molecular weight excluding hydrogens is 774 g/mol. The highest BCUT2D eigenvalue weighted by molar-refractivity contribution is 6.34. The van der Waals surface area contributed by atoms with Gasteiger partial charge in [-0.1, -0.05) is 23.4 Å². The molecule has 2 N–H and O–H groups in total. The fourth-order valence-corrected chi connectivity index (χ4v) is 8.35. The Kier molecular flexibility index (Phi) is 12.2. The number of benzene rings is 1. The summed E-state index contributed by atoms with van der Waals surface area (Å²) < 4.78 is 43.0. The molecule has 4 aromatic rings. The molecule has 1 aromatic carbocycles. The Morgan fingerprint density at radius 2 is 1.84 bits per heavy atom. The van der Waals surface area contributed by atoms with Gasteiger partial charge in [-0.3, -0.25) is 24.5 Å². The van der Waals surface area contributed by atoms with E-state index in [9.17, 15) is 23.2 Å². The molecule has 4 aliphatic rings. The van der Waals surface area contributed by atoms with Gasteiger partial charge in [-0.2, -0.15) is 10.2 Å². The standard InChI is InChI=1S/C40H45ClF2N10O5/c41-31-8-5-26(22-33(31)51-15-12-35(54)47-40(51)56)2-1-19-58-29-9-13-49(14-10-29)24-27-3-6-28(7-4-27)53-25-32(36(48-53)37(42)43)45-39(55)30-23-44-52-16-11-34(46-38(30)52)50-17-20-57-21-18-50/h5,8,11,16,22-23,25,27-29,37H,3-4,6-7,9-10,12-15,17-21,24H2,(H,45,55)(H,47,54,56). The third-order valence-electron chi connectivity index (χ3n) is 11.3. The number of hydrogen-bond acceptors (Lipinski definition) is 10. The molecule has 3 aliphatic heterocycles. The Morgan fingerprint density at radius 3 is 2.60 bits per heavy atom. The van der Waals surface area contributed by atoms with Crippen molar-refractivity contribution in [1.82, 2.24) is 34.6 Å². The van der Waals surface area contributed by atoms with Crippen molar-refractivity contribution < 1.29 is 32.6 Å². The molecule has 306 valence electrons. The van der Waals surface area contributed by atoms with Gasteiger partial charge in [0.25, 0.3) is 12.3 Å². The molecule has 1 saturated carbocycles. The molecule has 0 radical (unpaired) electrons. The Balaban J connectivity index is 0.792. The maximum atomic E-state index is 14.2. The van der Waals surface area contributed by atoms with E-state index in [1.807, 2.05) is 6.07 Å². The number of morpholine rings is 1. The lowest BCUT2D eigenvalue weighted by molar-refractivity contribution is -0.120. The number of imide groups is 1. The Bertz CT molecular complexity index is 2200. The van der Waals surface area contributed by atoms with Crippen LogP contribution in [0.5, 0.6) is 0 Å². The number of halogens is 3. The number of nitrogens with zero attached hydrogens (tertiary/aromatic N) is 8. The summed E-state index contributed by atoms with van der Waals surface area (Å²) in [6.07, 6.45) is 7.46. The van der Waals surface area contributed by atoms with Gasteiger partial charge in [0.2, 0.25) is 5.91 Å². The summed E-state index contributed by atoms with van der Waals surface area (Å²) in [6.45, 7) is 5.89. The molecule has 3 saturated heterocycles. The Labute approximate surface area is 339 Å². The van der Waals surface area contributed by atoms with E-state index in [0.29, 0.717) is 60.0 Å². The van der Waals surface area contributed by atoms with Crippen molar-refractivity contribution in [2.75, 3.05) is 74.2 Å². The minimum absolute atomic E-state index is 0.0102. The van der Waals surface area contributed by atoms with E-state index in [-0.39, 0.29) is 48.9 Å². The van der Waals surface area contributed by atoms with E-state index in [0.717, 1.165) is 58.2 Å². The molecule has 4 fully saturated rings. The first-order valence-corrected chi connectivity index (χ1v) is 20.2. The molecule has 0 spiro atoms. The Morgan fingerprint density at radius 1 is 1.05 bits per heavy atom. The summed E-state index contributed by atoms with van der Waals surface area (Å²) in [4.78, 5) is 47.9. The molecule has 8 rings (SSSR count). The molecule has 1 aliphatic carbocycles. The van der Waals surface area contributed by atoms with Gasteiger partial charge in [0.15, 0.2) is 11.3 Å². The second-order valence-corrected chi connectivity index (χ2v) is 15.5. The van der Waals surface area contributed by atoms with Gasteiger partial charge < -0.3 is 24.6 Å². The molecule has 0 atom stereocenters. The predicted octanol–water partition coefficient (Wildman–Crippen LogP) is 5.32. The zero-order valence-electron chi connectivity index (χ0n) is 31.9. The average Bonchev–Trinajstić information content (AvgIpc) is 3.86. The number of carbonyl (C=O) groups excluding carboxylic acids is 3. The van der Waals surface area contributed by atoms with E-state index < -0.39 is 24.1 Å². The normalized spacial score (nSPS) is 21.0. The van der Waals surface area contributed by atoms with Crippen LogP contribution in [0, 0.1) is 17.8 Å². The third kappa shape index (κ3) is 9.10. The van der Waals surface area contributed by atoms with Crippen LogP contribution in [0.15, 0.2) is 42.9 Å². The molecular formula is C40H45ClF2N10O5. The van der Waals surface area contributed by atoms with Crippen LogP contribution in [0.3, 0.4) is 0 Å². The van der Waals surface area contributed by atoms with Gasteiger partial charge >= 0.3 is 6.03 Å². The number of aromatic nitrogens is 5. The molecule has 0 unspecified atom stereocenters. The van der Waals surface area contributed by atoms with Crippen molar-refractivity contribution in [1.29, 1.82) is 0 Å². The molecule has 4 amide bonds. The number of piperidine rings is 1. The SMILES string of the molecule is O=C1CCN(c2cc(C#CCOC3CCN(CC4CCC(n5cc(NC(=O)c6cnn7ccc(N8CCOCC8)nc67)c(C(F)F)n5)CC4)CC3)ccc2Cl)C(=O)N1. The quantitative estimate of drug-likeness (QED) is 0.202. The van der Waals surface area contributed by atoms with Crippen LogP contribution in [0.1, 0.15) is 79.0 Å². The Hall–Kier alpha value is -5.15. The highest BCUT2D eigenvalue weighted by Crippen LogP contribution is 2.36. The highest BCUT2D eigenvalue weighted by atomic mass is 35.5. The van der Waals surface area contributed by atoms with Gasteiger partial charge in [-0.15, -0.1) is 0 Å². The summed E-state index contributed by atoms with van der Waals surface area (Å²) in [5, 5.41) is 13.9. The molecule has 6 heterocycles. The van der Waals surface area contributed by atoms with E-state index in [1.165, 1.54) is 21.8 Å². The number of urea groups is 1. The number of likely N-dealkylation sites (tertiary alicyclic amines) is 1. The molecule has 15 nitrogen and oxygen atoms in total. The molecule has 58 heavy (non-hydrogen) atoms. The van der Waals surface area contributed by atoms with Crippen molar-refractivity contribution in [3.63, 3.8) is 0 Å². The summed E-state index contributed by atoms with van der Waals surface area (Å²) in [7, 11) is 0. The van der Waals surface area contributed by atoms with Crippen LogP contribution < -0.4 is 20.4 Å². The molecule has 0 bridgehead atoms. The van der Waals surface area contributed by atoms with E-state index in [2.05, 4.69) is 47.5 Å². The highest BCUT2D eigenvalue weighted by Gasteiger charge is 2.30. The average molecular weight is 819 g/mol. The van der Waals surface area contributed by atoms with Crippen LogP contribution in [0.2, 0.25) is 5.02 Å². The lowest BCUT2D eigenvalue weighted by Crippen LogP contribution is -2.49. The number of carbonyl (C=O) groups is 3. The fraction of sp³-hybridized carbons (Fsp3) is 0.500. The molecule has 18 heteroatoms. The first kappa shape index (κ1) is 39.7. The van der Waals surface area contributed by atoms with Crippen LogP contribution in [0.4, 0.5) is 30.8 Å². The summed E-state index contributed by atoms with van der Waals surface area (Å²) in [5.74, 6) is 6.47. The van der Waals surface area contributed by atoms with Crippen LogP contribution >= 0.6 is 11.6 Å². The van der Waals surface area contributed by atoms with Gasteiger partial charge in [0.1, 0.15) is 18.0 Å². The number of amides is 4. The zero-order chi connectivity index (χ0) is 40.2. The summed E-state index contributed by atoms with van der Waals surface area (Å²) in [6, 6.07) is 6.51. The number of fused-ring (bicyclic) bond motifs is 1. The summed E-state index contributed by atoms with van der Waals surface area (Å²) in [5.41, 5.74) is 1.27. The monoisotopic (exact) mass is 818 g/mol. The van der Waals surface area contributed by atoms with Crippen LogP contribution in [0.25, 0.3) is 5.65 Å². The minimum atomic E-state index is -2.86. The number of rotatable bonds is 10. The van der Waals surface area contributed by atoms with Gasteiger partial charge in [-0.25, -0.2) is 23.1 Å². The zero-order valence-corrected chi connectivity index (χ0v) is 32.7. The number of alkyl halides is 2. The topological polar surface area (TPSA) is 151 Å². The van der Waals surface area contributed by atoms with E-state index in [4.69, 9.17) is 21.1 Å². The van der Waals surface area contributed by atoms with Crippen LogP contribution in [-0.2, 0) is 14.3 Å². The second-order valence-electron chi connectivity index (χ2n) is 15.1. The fourth-order valence-electron chi connectivity index (χ4n) is 8.13. The second kappa shape index (κ2) is 17.8. The van der Waals surface area contributed by atoms with E-state index in [1.54, 1.807) is 29.1 Å². The van der Waals surface area contributed by atoms with Crippen molar-refractivity contribution in [3.8, 4) is 11.8 Å². The lowest BCUT2D eigenvalue weighted by atomic mass is 9.85. The number of anilines is 3. The number of ether oxygens (including phenoxy) is 2.